The van der Waals surface area contributed by atoms with Crippen molar-refractivity contribution in [1.29, 1.82) is 0 Å². The van der Waals surface area contributed by atoms with Crippen LogP contribution in [-0.2, 0) is 4.79 Å². The number of ether oxygens (including phenoxy) is 2. The first-order chi connectivity index (χ1) is 16.0. The fourth-order valence-electron chi connectivity index (χ4n) is 2.98. The predicted molar refractivity (Wildman–Crippen MR) is 130 cm³/mol. The number of anilines is 1. The van der Waals surface area contributed by atoms with Crippen molar-refractivity contribution in [2.24, 2.45) is 0 Å². The van der Waals surface area contributed by atoms with Gasteiger partial charge in [0.25, 0.3) is 5.69 Å². The second-order valence-electron chi connectivity index (χ2n) is 7.13. The van der Waals surface area contributed by atoms with Crippen LogP contribution in [0.4, 0.5) is 10.8 Å². The molecule has 0 unspecified atom stereocenters. The number of thiazole rings is 1. The van der Waals surface area contributed by atoms with Gasteiger partial charge >= 0.3 is 0 Å². The summed E-state index contributed by atoms with van der Waals surface area (Å²) >= 11 is 1.28. The molecule has 0 saturated heterocycles. The summed E-state index contributed by atoms with van der Waals surface area (Å²) in [5, 5.41) is 15.7. The molecular formula is C24H25N3O5S. The van der Waals surface area contributed by atoms with E-state index in [9.17, 15) is 14.9 Å². The third-order valence-electron chi connectivity index (χ3n) is 4.73. The van der Waals surface area contributed by atoms with Crippen LogP contribution >= 0.6 is 11.3 Å². The Kier molecular flexibility index (Phi) is 8.54. The molecule has 0 radical (unpaired) electrons. The van der Waals surface area contributed by atoms with Crippen LogP contribution in [0.15, 0.2) is 53.9 Å². The lowest BCUT2D eigenvalue weighted by Gasteiger charge is -2.11. The zero-order valence-corrected chi connectivity index (χ0v) is 19.3. The molecule has 1 N–H and O–H groups in total. The molecule has 9 heteroatoms. The Hall–Kier alpha value is -3.72. The van der Waals surface area contributed by atoms with E-state index in [4.69, 9.17) is 9.47 Å². The summed E-state index contributed by atoms with van der Waals surface area (Å²) < 4.78 is 11.2. The van der Waals surface area contributed by atoms with Crippen LogP contribution < -0.4 is 14.8 Å². The molecule has 0 aliphatic carbocycles. The third kappa shape index (κ3) is 6.88. The number of hydrogen-bond acceptors (Lipinski definition) is 7. The first kappa shape index (κ1) is 23.9. The van der Waals surface area contributed by atoms with Crippen molar-refractivity contribution >= 4 is 34.1 Å². The monoisotopic (exact) mass is 467 g/mol. The average molecular weight is 468 g/mol. The number of nitro benzene ring substituents is 1. The molecule has 0 aliphatic heterocycles. The Morgan fingerprint density at radius 2 is 1.97 bits per heavy atom. The maximum Gasteiger partial charge on any atom is 0.269 e. The number of amides is 1. The number of methoxy groups -OCH3 is 1. The summed E-state index contributed by atoms with van der Waals surface area (Å²) in [6, 6.07) is 11.6. The molecule has 1 heterocycles. The van der Waals surface area contributed by atoms with Gasteiger partial charge in [0.15, 0.2) is 16.6 Å². The molecular weight excluding hydrogens is 442 g/mol. The summed E-state index contributed by atoms with van der Waals surface area (Å²) in [4.78, 5) is 27.0. The van der Waals surface area contributed by atoms with E-state index in [1.54, 1.807) is 30.7 Å². The number of aromatic nitrogens is 1. The minimum atomic E-state index is -0.452. The maximum atomic E-state index is 12.3. The number of rotatable bonds is 11. The molecule has 2 aromatic carbocycles. The number of carbonyl (C=O) groups excluding carboxylic acids is 1. The van der Waals surface area contributed by atoms with Crippen molar-refractivity contribution < 1.29 is 19.2 Å². The number of nitrogens with one attached hydrogen (secondary N) is 1. The predicted octanol–water partition coefficient (Wildman–Crippen LogP) is 5.95. The molecule has 8 nitrogen and oxygen atoms in total. The van der Waals surface area contributed by atoms with Crippen LogP contribution in [0.3, 0.4) is 0 Å². The standard InChI is InChI=1S/C24H25N3O5S/c1-3-4-5-14-32-21-12-6-17(15-22(21)31-2)7-13-23(28)26-24-25-20(16-33-24)18-8-10-19(11-9-18)27(29)30/h6-13,15-16H,3-5,14H2,1-2H3,(H,25,26,28). The maximum absolute atomic E-state index is 12.3. The minimum absolute atomic E-state index is 0.0142. The van der Waals surface area contributed by atoms with E-state index >= 15 is 0 Å². The van der Waals surface area contributed by atoms with Gasteiger partial charge in [0, 0.05) is 29.2 Å². The molecule has 0 fully saturated rings. The number of non-ortho nitro benzene ring substituents is 1. The van der Waals surface area contributed by atoms with E-state index in [2.05, 4.69) is 17.2 Å². The molecule has 0 saturated carbocycles. The first-order valence-electron chi connectivity index (χ1n) is 10.5. The van der Waals surface area contributed by atoms with Crippen LogP contribution in [-0.4, -0.2) is 29.5 Å². The molecule has 0 bridgehead atoms. The van der Waals surface area contributed by atoms with Crippen molar-refractivity contribution in [2.45, 2.75) is 26.2 Å². The Balaban J connectivity index is 1.59. The third-order valence-corrected chi connectivity index (χ3v) is 5.49. The van der Waals surface area contributed by atoms with Crippen LogP contribution in [0.2, 0.25) is 0 Å². The zero-order chi connectivity index (χ0) is 23.6. The highest BCUT2D eigenvalue weighted by Gasteiger charge is 2.10. The fraction of sp³-hybridized carbons (Fsp3) is 0.250. The van der Waals surface area contributed by atoms with E-state index in [-0.39, 0.29) is 11.6 Å². The number of nitrogens with zero attached hydrogens (tertiary/aromatic N) is 2. The second-order valence-corrected chi connectivity index (χ2v) is 7.99. The SMILES string of the molecule is CCCCCOc1ccc(C=CC(=O)Nc2nc(-c3ccc([N+](=O)[O-])cc3)cs2)cc1OC. The van der Waals surface area contributed by atoms with Crippen molar-refractivity contribution in [3.05, 3.63) is 69.6 Å². The molecule has 0 spiro atoms. The molecule has 1 aromatic heterocycles. The molecule has 1 amide bonds. The van der Waals surface area contributed by atoms with Crippen molar-refractivity contribution in [3.63, 3.8) is 0 Å². The van der Waals surface area contributed by atoms with Gasteiger partial charge in [-0.1, -0.05) is 25.8 Å². The number of benzene rings is 2. The molecule has 33 heavy (non-hydrogen) atoms. The van der Waals surface area contributed by atoms with E-state index < -0.39 is 4.92 Å². The summed E-state index contributed by atoms with van der Waals surface area (Å²) in [7, 11) is 1.58. The summed E-state index contributed by atoms with van der Waals surface area (Å²) in [5.74, 6) is 0.969. The van der Waals surface area contributed by atoms with Crippen LogP contribution in [0, 0.1) is 10.1 Å². The van der Waals surface area contributed by atoms with Gasteiger partial charge < -0.3 is 9.47 Å². The van der Waals surface area contributed by atoms with Crippen LogP contribution in [0.1, 0.15) is 31.7 Å². The number of hydrogen-bond donors (Lipinski definition) is 1. The van der Waals surface area contributed by atoms with Crippen molar-refractivity contribution in [2.75, 3.05) is 19.0 Å². The lowest BCUT2D eigenvalue weighted by Crippen LogP contribution is -2.07. The molecule has 172 valence electrons. The van der Waals surface area contributed by atoms with Gasteiger partial charge in [0.1, 0.15) is 0 Å². The van der Waals surface area contributed by atoms with E-state index in [1.165, 1.54) is 29.5 Å². The first-order valence-corrected chi connectivity index (χ1v) is 11.4. The molecule has 3 aromatic rings. The van der Waals surface area contributed by atoms with E-state index in [1.807, 2.05) is 18.2 Å². The summed E-state index contributed by atoms with van der Waals surface area (Å²) in [6.07, 6.45) is 6.34. The fourth-order valence-corrected chi connectivity index (χ4v) is 3.70. The van der Waals surface area contributed by atoms with Gasteiger partial charge in [-0.25, -0.2) is 4.98 Å². The molecule has 3 rings (SSSR count). The summed E-state index contributed by atoms with van der Waals surface area (Å²) in [6.45, 7) is 2.78. The van der Waals surface area contributed by atoms with Gasteiger partial charge in [-0.05, 0) is 42.3 Å². The number of nitro groups is 1. The minimum Gasteiger partial charge on any atom is -0.493 e. The highest BCUT2D eigenvalue weighted by Crippen LogP contribution is 2.29. The average Bonchev–Trinajstić information content (AvgIpc) is 3.29. The summed E-state index contributed by atoms with van der Waals surface area (Å²) in [5.41, 5.74) is 2.18. The van der Waals surface area contributed by atoms with Crippen molar-refractivity contribution in [1.82, 2.24) is 4.98 Å². The van der Waals surface area contributed by atoms with Gasteiger partial charge in [0.2, 0.25) is 5.91 Å². The van der Waals surface area contributed by atoms with Gasteiger partial charge in [-0.2, -0.15) is 0 Å². The van der Waals surface area contributed by atoms with Crippen molar-refractivity contribution in [3.8, 4) is 22.8 Å². The van der Waals surface area contributed by atoms with E-state index in [0.717, 1.165) is 30.4 Å². The van der Waals surface area contributed by atoms with E-state index in [0.29, 0.717) is 28.9 Å². The Morgan fingerprint density at radius 1 is 1.18 bits per heavy atom. The van der Waals surface area contributed by atoms with Crippen LogP contribution in [0.25, 0.3) is 17.3 Å². The highest BCUT2D eigenvalue weighted by molar-refractivity contribution is 7.14. The second kappa shape index (κ2) is 11.8. The van der Waals surface area contributed by atoms with Gasteiger partial charge in [0.05, 0.1) is 24.3 Å². The van der Waals surface area contributed by atoms with Gasteiger partial charge in [-0.3, -0.25) is 20.2 Å². The normalized spacial score (nSPS) is 10.8. The molecule has 0 aliphatic rings. The smallest absolute Gasteiger partial charge is 0.269 e. The lowest BCUT2D eigenvalue weighted by molar-refractivity contribution is -0.384. The largest absolute Gasteiger partial charge is 0.493 e. The quantitative estimate of drug-likeness (QED) is 0.162. The number of unbranched alkanes of at least 4 members (excludes halogenated alkanes) is 2. The Bertz CT molecular complexity index is 1130. The lowest BCUT2D eigenvalue weighted by atomic mass is 10.1. The zero-order valence-electron chi connectivity index (χ0n) is 18.4. The number of carbonyl (C=O) groups is 1. The Labute approximate surface area is 196 Å². The molecule has 0 atom stereocenters. The Morgan fingerprint density at radius 3 is 2.67 bits per heavy atom. The topological polar surface area (TPSA) is 104 Å². The highest BCUT2D eigenvalue weighted by atomic mass is 32.1. The van der Waals surface area contributed by atoms with Crippen LogP contribution in [0.5, 0.6) is 11.5 Å². The van der Waals surface area contributed by atoms with Gasteiger partial charge in [-0.15, -0.1) is 11.3 Å².